The number of halogens is 1. The Bertz CT molecular complexity index is 783. The van der Waals surface area contributed by atoms with E-state index in [0.717, 1.165) is 16.9 Å². The lowest BCUT2D eigenvalue weighted by molar-refractivity contribution is -0.136. The average molecular weight is 346 g/mol. The van der Waals surface area contributed by atoms with Crippen molar-refractivity contribution in [2.75, 3.05) is 4.72 Å². The number of thiophene rings is 1. The Kier molecular flexibility index (Phi) is 4.55. The Morgan fingerprint density at radius 3 is 2.71 bits per heavy atom. The van der Waals surface area contributed by atoms with Gasteiger partial charge in [-0.2, -0.15) is 0 Å². The minimum atomic E-state index is -3.78. The lowest BCUT2D eigenvalue weighted by Crippen LogP contribution is -2.11. The fourth-order valence-corrected chi connectivity index (χ4v) is 4.30. The van der Waals surface area contributed by atoms with E-state index in [1.54, 1.807) is 18.2 Å². The van der Waals surface area contributed by atoms with Gasteiger partial charge in [-0.25, -0.2) is 8.42 Å². The number of carbonyl (C=O) groups is 1. The summed E-state index contributed by atoms with van der Waals surface area (Å²) in [5, 5.41) is 9.00. The van der Waals surface area contributed by atoms with E-state index in [1.807, 2.05) is 6.92 Å². The molecule has 112 valence electrons. The second-order valence-corrected chi connectivity index (χ2v) is 7.86. The molecular weight excluding hydrogens is 334 g/mol. The molecule has 8 heteroatoms. The molecule has 0 amide bonds. The Hall–Kier alpha value is -1.57. The van der Waals surface area contributed by atoms with Crippen molar-refractivity contribution in [1.82, 2.24) is 0 Å². The van der Waals surface area contributed by atoms with Gasteiger partial charge in [0.2, 0.25) is 0 Å². The van der Waals surface area contributed by atoms with Crippen molar-refractivity contribution in [1.29, 1.82) is 0 Å². The average Bonchev–Trinajstić information content (AvgIpc) is 2.82. The zero-order chi connectivity index (χ0) is 15.6. The maximum absolute atomic E-state index is 12.3. The van der Waals surface area contributed by atoms with E-state index in [9.17, 15) is 13.2 Å². The molecule has 1 aromatic heterocycles. The van der Waals surface area contributed by atoms with Crippen LogP contribution in [-0.2, 0) is 21.2 Å². The second kappa shape index (κ2) is 6.05. The molecule has 2 aromatic rings. The predicted octanol–water partition coefficient (Wildman–Crippen LogP) is 3.14. The molecule has 0 atom stereocenters. The number of nitrogens with one attached hydrogen (secondary N) is 1. The molecule has 0 aliphatic heterocycles. The first-order valence-corrected chi connectivity index (χ1v) is 8.55. The van der Waals surface area contributed by atoms with Crippen molar-refractivity contribution in [2.24, 2.45) is 0 Å². The number of sulfonamides is 1. The molecular formula is C13H12ClNO4S2. The highest BCUT2D eigenvalue weighted by atomic mass is 35.5. The van der Waals surface area contributed by atoms with Crippen LogP contribution in [0, 0.1) is 6.92 Å². The van der Waals surface area contributed by atoms with Crippen molar-refractivity contribution in [2.45, 2.75) is 17.6 Å². The van der Waals surface area contributed by atoms with Gasteiger partial charge in [-0.1, -0.05) is 17.7 Å². The summed E-state index contributed by atoms with van der Waals surface area (Å²) in [6.07, 6.45) is -0.203. The van der Waals surface area contributed by atoms with Gasteiger partial charge in [0.1, 0.15) is 4.21 Å². The fraction of sp³-hybridized carbons (Fsp3) is 0.154. The van der Waals surface area contributed by atoms with Crippen LogP contribution >= 0.6 is 22.9 Å². The van der Waals surface area contributed by atoms with Crippen LogP contribution in [0.15, 0.2) is 34.5 Å². The number of aryl methyl sites for hydroxylation is 1. The normalized spacial score (nSPS) is 11.3. The molecule has 2 rings (SSSR count). The molecule has 0 bridgehead atoms. The number of benzene rings is 1. The Morgan fingerprint density at radius 1 is 1.33 bits per heavy atom. The quantitative estimate of drug-likeness (QED) is 0.872. The molecule has 21 heavy (non-hydrogen) atoms. The summed E-state index contributed by atoms with van der Waals surface area (Å²) >= 11 is 6.89. The third kappa shape index (κ3) is 3.96. The lowest BCUT2D eigenvalue weighted by Gasteiger charge is -2.08. The largest absolute Gasteiger partial charge is 0.481 e. The molecule has 1 heterocycles. The number of aliphatic carboxylic acids is 1. The summed E-state index contributed by atoms with van der Waals surface area (Å²) in [6.45, 7) is 1.82. The molecule has 0 spiro atoms. The van der Waals surface area contributed by atoms with Crippen molar-refractivity contribution in [3.63, 3.8) is 0 Å². The van der Waals surface area contributed by atoms with Crippen molar-refractivity contribution >= 4 is 44.6 Å². The van der Waals surface area contributed by atoms with Crippen LogP contribution in [0.5, 0.6) is 0 Å². The predicted molar refractivity (Wildman–Crippen MR) is 82.7 cm³/mol. The van der Waals surface area contributed by atoms with Crippen molar-refractivity contribution in [3.05, 3.63) is 45.8 Å². The SMILES string of the molecule is Cc1ccc(Cl)c(NS(=O)(=O)c2ccc(CC(=O)O)s2)c1. The van der Waals surface area contributed by atoms with Gasteiger partial charge in [0.05, 0.1) is 17.1 Å². The Labute approximate surface area is 131 Å². The molecule has 0 radical (unpaired) electrons. The van der Waals surface area contributed by atoms with E-state index in [-0.39, 0.29) is 10.6 Å². The van der Waals surface area contributed by atoms with Crippen molar-refractivity contribution < 1.29 is 18.3 Å². The number of carboxylic acid groups (broad SMARTS) is 1. The number of carboxylic acids is 1. The number of rotatable bonds is 5. The molecule has 0 fully saturated rings. The maximum atomic E-state index is 12.3. The van der Waals surface area contributed by atoms with Gasteiger partial charge in [0, 0.05) is 4.88 Å². The number of hydrogen-bond acceptors (Lipinski definition) is 4. The highest BCUT2D eigenvalue weighted by Crippen LogP contribution is 2.28. The van der Waals surface area contributed by atoms with Crippen molar-refractivity contribution in [3.8, 4) is 0 Å². The molecule has 0 saturated heterocycles. The monoisotopic (exact) mass is 345 g/mol. The highest BCUT2D eigenvalue weighted by Gasteiger charge is 2.19. The zero-order valence-corrected chi connectivity index (χ0v) is 13.3. The van der Waals surface area contributed by atoms with Gasteiger partial charge in [0.15, 0.2) is 0 Å². The van der Waals surface area contributed by atoms with Gasteiger partial charge in [-0.3, -0.25) is 9.52 Å². The summed E-state index contributed by atoms with van der Waals surface area (Å²) in [4.78, 5) is 11.1. The van der Waals surface area contributed by atoms with Crippen LogP contribution in [0.3, 0.4) is 0 Å². The zero-order valence-electron chi connectivity index (χ0n) is 11.0. The highest BCUT2D eigenvalue weighted by molar-refractivity contribution is 7.94. The first kappa shape index (κ1) is 15.8. The standard InChI is InChI=1S/C13H12ClNO4S2/c1-8-2-4-10(14)11(6-8)15-21(18,19)13-5-3-9(20-13)7-12(16)17/h2-6,15H,7H2,1H3,(H,16,17). The summed E-state index contributed by atoms with van der Waals surface area (Å²) in [5.41, 5.74) is 1.17. The summed E-state index contributed by atoms with van der Waals surface area (Å²) in [7, 11) is -3.78. The third-order valence-corrected chi connectivity index (χ3v) is 5.87. The molecule has 5 nitrogen and oxygen atoms in total. The van der Waals surface area contributed by atoms with Gasteiger partial charge >= 0.3 is 5.97 Å². The van der Waals surface area contributed by atoms with Gasteiger partial charge in [-0.15, -0.1) is 11.3 Å². The van der Waals surface area contributed by atoms with E-state index >= 15 is 0 Å². The van der Waals surface area contributed by atoms with Gasteiger partial charge in [0.25, 0.3) is 10.0 Å². The van der Waals surface area contributed by atoms with Gasteiger partial charge < -0.3 is 5.11 Å². The summed E-state index contributed by atoms with van der Waals surface area (Å²) < 4.78 is 27.0. The first-order chi connectivity index (χ1) is 9.78. The van der Waals surface area contributed by atoms with E-state index < -0.39 is 16.0 Å². The molecule has 0 unspecified atom stereocenters. The molecule has 0 aliphatic rings. The van der Waals surface area contributed by atoms with Crippen LogP contribution in [-0.4, -0.2) is 19.5 Å². The minimum absolute atomic E-state index is 0.0522. The van der Waals surface area contributed by atoms with E-state index in [4.69, 9.17) is 16.7 Å². The second-order valence-electron chi connectivity index (χ2n) is 4.38. The third-order valence-electron chi connectivity index (χ3n) is 2.59. The summed E-state index contributed by atoms with van der Waals surface area (Å²) in [6, 6.07) is 7.89. The fourth-order valence-electron chi connectivity index (χ4n) is 1.66. The number of hydrogen-bond donors (Lipinski definition) is 2. The molecule has 0 saturated carbocycles. The van der Waals surface area contributed by atoms with Crippen LogP contribution < -0.4 is 4.72 Å². The van der Waals surface area contributed by atoms with Crippen LogP contribution in [0.2, 0.25) is 5.02 Å². The number of anilines is 1. The Balaban J connectivity index is 2.28. The molecule has 1 aromatic carbocycles. The topological polar surface area (TPSA) is 83.5 Å². The van der Waals surface area contributed by atoms with Crippen LogP contribution in [0.1, 0.15) is 10.4 Å². The summed E-state index contributed by atoms with van der Waals surface area (Å²) in [5.74, 6) is -1.00. The maximum Gasteiger partial charge on any atom is 0.308 e. The molecule has 2 N–H and O–H groups in total. The van der Waals surface area contributed by atoms with E-state index in [1.165, 1.54) is 12.1 Å². The minimum Gasteiger partial charge on any atom is -0.481 e. The first-order valence-electron chi connectivity index (χ1n) is 5.87. The van der Waals surface area contributed by atoms with Crippen LogP contribution in [0.25, 0.3) is 0 Å². The smallest absolute Gasteiger partial charge is 0.308 e. The van der Waals surface area contributed by atoms with E-state index in [2.05, 4.69) is 4.72 Å². The van der Waals surface area contributed by atoms with E-state index in [0.29, 0.717) is 15.6 Å². The van der Waals surface area contributed by atoms with Gasteiger partial charge in [-0.05, 0) is 36.8 Å². The van der Waals surface area contributed by atoms with Crippen LogP contribution in [0.4, 0.5) is 5.69 Å². The Morgan fingerprint density at radius 2 is 2.05 bits per heavy atom. The lowest BCUT2D eigenvalue weighted by atomic mass is 10.2. The molecule has 0 aliphatic carbocycles.